The molecule has 2 aromatic rings. The molecule has 0 saturated heterocycles. The lowest BCUT2D eigenvalue weighted by atomic mass is 9.88. The fraction of sp³-hybridized carbons (Fsp3) is 0.294. The van der Waals surface area contributed by atoms with Crippen molar-refractivity contribution in [3.8, 4) is 17.2 Å². The third kappa shape index (κ3) is 2.37. The molecule has 1 aromatic heterocycles. The zero-order valence-electron chi connectivity index (χ0n) is 12.1. The number of nitriles is 1. The summed E-state index contributed by atoms with van der Waals surface area (Å²) in [7, 11) is 0. The molecule has 0 radical (unpaired) electrons. The van der Waals surface area contributed by atoms with Crippen LogP contribution in [0.25, 0.3) is 11.1 Å². The van der Waals surface area contributed by atoms with E-state index < -0.39 is 0 Å². The maximum absolute atomic E-state index is 9.36. The number of fused-ring (bicyclic) bond motifs is 1. The number of benzene rings is 1. The molecule has 1 aliphatic rings. The number of hydrogen-bond acceptors (Lipinski definition) is 4. The molecule has 4 heteroatoms. The van der Waals surface area contributed by atoms with E-state index in [-0.39, 0.29) is 0 Å². The highest BCUT2D eigenvalue weighted by atomic mass is 15.1. The van der Waals surface area contributed by atoms with Gasteiger partial charge in [-0.2, -0.15) is 5.26 Å². The number of nitrogen functional groups attached to an aromatic ring is 1. The lowest BCUT2D eigenvalue weighted by molar-refractivity contribution is 0.269. The predicted octanol–water partition coefficient (Wildman–Crippen LogP) is 2.58. The van der Waals surface area contributed by atoms with Crippen molar-refractivity contribution in [3.63, 3.8) is 0 Å². The van der Waals surface area contributed by atoms with Gasteiger partial charge >= 0.3 is 0 Å². The SMILES string of the molecule is CCN1CCc2c(-c3cccnc3)cc(C#N)c(N)c2C1. The first-order valence-corrected chi connectivity index (χ1v) is 7.21. The van der Waals surface area contributed by atoms with Gasteiger partial charge in [0, 0.05) is 31.0 Å². The van der Waals surface area contributed by atoms with Crippen LogP contribution in [0, 0.1) is 11.3 Å². The van der Waals surface area contributed by atoms with Crippen molar-refractivity contribution in [2.24, 2.45) is 0 Å². The van der Waals surface area contributed by atoms with Gasteiger partial charge in [0.25, 0.3) is 0 Å². The van der Waals surface area contributed by atoms with Crippen molar-refractivity contribution in [3.05, 3.63) is 47.3 Å². The fourth-order valence-electron chi connectivity index (χ4n) is 2.98. The zero-order chi connectivity index (χ0) is 14.8. The molecule has 0 fully saturated rings. The summed E-state index contributed by atoms with van der Waals surface area (Å²) in [5.41, 5.74) is 11.9. The quantitative estimate of drug-likeness (QED) is 0.857. The summed E-state index contributed by atoms with van der Waals surface area (Å²) in [6, 6.07) is 8.09. The predicted molar refractivity (Wildman–Crippen MR) is 83.5 cm³/mol. The number of pyridine rings is 1. The topological polar surface area (TPSA) is 65.9 Å². The third-order valence-corrected chi connectivity index (χ3v) is 4.19. The number of aromatic nitrogens is 1. The number of nitrogens with zero attached hydrogens (tertiary/aromatic N) is 3. The van der Waals surface area contributed by atoms with E-state index in [9.17, 15) is 5.26 Å². The highest BCUT2D eigenvalue weighted by molar-refractivity contribution is 5.77. The number of hydrogen-bond donors (Lipinski definition) is 1. The summed E-state index contributed by atoms with van der Waals surface area (Å²) in [6.07, 6.45) is 4.57. The smallest absolute Gasteiger partial charge is 0.101 e. The van der Waals surface area contributed by atoms with Crippen molar-refractivity contribution in [2.75, 3.05) is 18.8 Å². The number of rotatable bonds is 2. The summed E-state index contributed by atoms with van der Waals surface area (Å²) < 4.78 is 0. The van der Waals surface area contributed by atoms with E-state index in [1.807, 2.05) is 24.4 Å². The minimum absolute atomic E-state index is 0.561. The van der Waals surface area contributed by atoms with Crippen LogP contribution < -0.4 is 5.73 Å². The first kappa shape index (κ1) is 13.6. The maximum Gasteiger partial charge on any atom is 0.101 e. The number of likely N-dealkylation sites (N-methyl/N-ethyl adjacent to an activating group) is 1. The van der Waals surface area contributed by atoms with Gasteiger partial charge in [0.1, 0.15) is 6.07 Å². The molecule has 0 bridgehead atoms. The minimum atomic E-state index is 0.561. The molecule has 1 aromatic carbocycles. The van der Waals surface area contributed by atoms with Crippen molar-refractivity contribution < 1.29 is 0 Å². The van der Waals surface area contributed by atoms with Crippen LogP contribution >= 0.6 is 0 Å². The first-order chi connectivity index (χ1) is 10.2. The van der Waals surface area contributed by atoms with E-state index >= 15 is 0 Å². The minimum Gasteiger partial charge on any atom is -0.397 e. The molecule has 106 valence electrons. The van der Waals surface area contributed by atoms with E-state index in [1.54, 1.807) is 6.20 Å². The van der Waals surface area contributed by atoms with E-state index in [0.717, 1.165) is 42.7 Å². The molecule has 1 aliphatic heterocycles. The van der Waals surface area contributed by atoms with E-state index in [2.05, 4.69) is 22.9 Å². The van der Waals surface area contributed by atoms with Gasteiger partial charge in [-0.3, -0.25) is 9.88 Å². The van der Waals surface area contributed by atoms with E-state index in [1.165, 1.54) is 5.56 Å². The summed E-state index contributed by atoms with van der Waals surface area (Å²) in [6.45, 7) is 5.00. The Morgan fingerprint density at radius 1 is 1.43 bits per heavy atom. The van der Waals surface area contributed by atoms with E-state index in [0.29, 0.717) is 11.3 Å². The molecule has 2 heterocycles. The molecule has 21 heavy (non-hydrogen) atoms. The third-order valence-electron chi connectivity index (χ3n) is 4.19. The van der Waals surface area contributed by atoms with Gasteiger partial charge in [-0.1, -0.05) is 13.0 Å². The second-order valence-electron chi connectivity index (χ2n) is 5.31. The van der Waals surface area contributed by atoms with Crippen molar-refractivity contribution in [1.29, 1.82) is 5.26 Å². The van der Waals surface area contributed by atoms with Crippen LogP contribution in [0.15, 0.2) is 30.6 Å². The lowest BCUT2D eigenvalue weighted by Gasteiger charge is -2.30. The van der Waals surface area contributed by atoms with Crippen LogP contribution in [0.2, 0.25) is 0 Å². The zero-order valence-corrected chi connectivity index (χ0v) is 12.1. The molecule has 3 rings (SSSR count). The highest BCUT2D eigenvalue weighted by Gasteiger charge is 2.23. The van der Waals surface area contributed by atoms with Gasteiger partial charge < -0.3 is 5.73 Å². The Kier molecular flexibility index (Phi) is 3.59. The fourth-order valence-corrected chi connectivity index (χ4v) is 2.98. The monoisotopic (exact) mass is 278 g/mol. The number of anilines is 1. The second kappa shape index (κ2) is 5.55. The molecule has 2 N–H and O–H groups in total. The molecule has 0 saturated carbocycles. The van der Waals surface area contributed by atoms with Gasteiger partial charge in [-0.25, -0.2) is 0 Å². The van der Waals surface area contributed by atoms with Crippen LogP contribution in [-0.4, -0.2) is 23.0 Å². The van der Waals surface area contributed by atoms with Gasteiger partial charge in [-0.15, -0.1) is 0 Å². The first-order valence-electron chi connectivity index (χ1n) is 7.21. The van der Waals surface area contributed by atoms with Crippen LogP contribution in [0.3, 0.4) is 0 Å². The van der Waals surface area contributed by atoms with Gasteiger partial charge in [0.2, 0.25) is 0 Å². The summed E-state index contributed by atoms with van der Waals surface area (Å²) in [4.78, 5) is 6.55. The van der Waals surface area contributed by atoms with Crippen LogP contribution in [-0.2, 0) is 13.0 Å². The van der Waals surface area contributed by atoms with E-state index in [4.69, 9.17) is 5.73 Å². The molecular formula is C17H18N4. The average molecular weight is 278 g/mol. The summed E-state index contributed by atoms with van der Waals surface area (Å²) in [5.74, 6) is 0. The maximum atomic E-state index is 9.36. The largest absolute Gasteiger partial charge is 0.397 e. The molecule has 0 atom stereocenters. The molecule has 0 aliphatic carbocycles. The Morgan fingerprint density at radius 3 is 2.95 bits per heavy atom. The molecular weight excluding hydrogens is 260 g/mol. The molecule has 0 unspecified atom stereocenters. The van der Waals surface area contributed by atoms with Crippen LogP contribution in [0.4, 0.5) is 5.69 Å². The average Bonchev–Trinajstić information content (AvgIpc) is 2.56. The molecule has 0 spiro atoms. The normalized spacial score (nSPS) is 14.5. The second-order valence-corrected chi connectivity index (χ2v) is 5.31. The van der Waals surface area contributed by atoms with Crippen molar-refractivity contribution >= 4 is 5.69 Å². The molecule has 0 amide bonds. The van der Waals surface area contributed by atoms with Crippen LogP contribution in [0.5, 0.6) is 0 Å². The molecule has 4 nitrogen and oxygen atoms in total. The van der Waals surface area contributed by atoms with Gasteiger partial charge in [-0.05, 0) is 41.8 Å². The van der Waals surface area contributed by atoms with Crippen LogP contribution in [0.1, 0.15) is 23.6 Å². The number of nitrogens with two attached hydrogens (primary N) is 1. The van der Waals surface area contributed by atoms with Crippen molar-refractivity contribution in [1.82, 2.24) is 9.88 Å². The summed E-state index contributed by atoms with van der Waals surface area (Å²) in [5, 5.41) is 9.36. The van der Waals surface area contributed by atoms with Gasteiger partial charge in [0.15, 0.2) is 0 Å². The van der Waals surface area contributed by atoms with Crippen molar-refractivity contribution in [2.45, 2.75) is 19.9 Å². The standard InChI is InChI=1S/C17H18N4/c1-2-21-7-5-14-15(12-4-3-6-20-10-12)8-13(9-18)17(19)16(14)11-21/h3-4,6,8,10H,2,5,7,11,19H2,1H3. The Hall–Kier alpha value is -2.38. The highest BCUT2D eigenvalue weighted by Crippen LogP contribution is 2.35. The Balaban J connectivity index is 2.21. The Labute approximate surface area is 124 Å². The Bertz CT molecular complexity index is 701. The summed E-state index contributed by atoms with van der Waals surface area (Å²) >= 11 is 0. The Morgan fingerprint density at radius 2 is 2.29 bits per heavy atom. The van der Waals surface area contributed by atoms with Gasteiger partial charge in [0.05, 0.1) is 11.3 Å². The lowest BCUT2D eigenvalue weighted by Crippen LogP contribution is -2.31.